The van der Waals surface area contributed by atoms with Gasteiger partial charge in [-0.15, -0.1) is 0 Å². The lowest BCUT2D eigenvalue weighted by atomic mass is 10.0. The zero-order valence-electron chi connectivity index (χ0n) is 14.8. The maximum atomic E-state index is 3.47. The minimum atomic E-state index is 0.427. The number of anilines is 1. The van der Waals surface area contributed by atoms with Crippen LogP contribution in [0.3, 0.4) is 0 Å². The van der Waals surface area contributed by atoms with Crippen molar-refractivity contribution in [2.75, 3.05) is 18.0 Å². The van der Waals surface area contributed by atoms with Gasteiger partial charge in [0.25, 0.3) is 0 Å². The van der Waals surface area contributed by atoms with E-state index in [0.717, 1.165) is 13.1 Å². The number of hydrogen-bond acceptors (Lipinski definition) is 2. The summed E-state index contributed by atoms with van der Waals surface area (Å²) in [5.41, 5.74) is 2.74. The first kappa shape index (κ1) is 18.0. The van der Waals surface area contributed by atoms with Gasteiger partial charge in [0.2, 0.25) is 0 Å². The summed E-state index contributed by atoms with van der Waals surface area (Å²) in [4.78, 5) is 2.59. The molecule has 1 N–H and O–H groups in total. The second-order valence-electron chi connectivity index (χ2n) is 6.39. The van der Waals surface area contributed by atoms with Gasteiger partial charge in [0.15, 0.2) is 0 Å². The molecule has 2 nitrogen and oxygen atoms in total. The number of benzene rings is 1. The third-order valence-electron chi connectivity index (χ3n) is 4.18. The van der Waals surface area contributed by atoms with Gasteiger partial charge < -0.3 is 10.2 Å². The van der Waals surface area contributed by atoms with Crippen molar-refractivity contribution in [1.29, 1.82) is 0 Å². The van der Waals surface area contributed by atoms with Crippen LogP contribution in [-0.2, 0) is 0 Å². The van der Waals surface area contributed by atoms with Gasteiger partial charge in [-0.3, -0.25) is 0 Å². The Hall–Kier alpha value is -1.02. The Bertz CT molecular complexity index is 379. The summed E-state index contributed by atoms with van der Waals surface area (Å²) in [5.74, 6) is 0.686. The molecule has 0 saturated heterocycles. The molecule has 0 aromatic heterocycles. The number of nitrogens with one attached hydrogen (secondary N) is 1. The van der Waals surface area contributed by atoms with Gasteiger partial charge in [0.05, 0.1) is 0 Å². The van der Waals surface area contributed by atoms with E-state index in [0.29, 0.717) is 18.0 Å². The van der Waals surface area contributed by atoms with Crippen LogP contribution in [0.15, 0.2) is 24.3 Å². The van der Waals surface area contributed by atoms with E-state index in [1.807, 2.05) is 0 Å². The molecule has 0 aliphatic carbocycles. The molecule has 0 saturated carbocycles. The average molecular weight is 290 g/mol. The van der Waals surface area contributed by atoms with Crippen LogP contribution in [0.2, 0.25) is 0 Å². The molecule has 21 heavy (non-hydrogen) atoms. The molecule has 0 heterocycles. The van der Waals surface area contributed by atoms with Gasteiger partial charge in [-0.1, -0.05) is 46.8 Å². The third-order valence-corrected chi connectivity index (χ3v) is 4.18. The maximum absolute atomic E-state index is 3.47. The SMILES string of the molecule is CCNC(C)c1ccc(N(CC(C)C)C(CC)CC)cc1. The minimum absolute atomic E-state index is 0.427. The Kier molecular flexibility index (Phi) is 7.81. The van der Waals surface area contributed by atoms with E-state index < -0.39 is 0 Å². The highest BCUT2D eigenvalue weighted by Crippen LogP contribution is 2.24. The Morgan fingerprint density at radius 2 is 1.52 bits per heavy atom. The molecule has 1 atom stereocenters. The number of rotatable bonds is 9. The van der Waals surface area contributed by atoms with Gasteiger partial charge in [-0.2, -0.15) is 0 Å². The van der Waals surface area contributed by atoms with Crippen LogP contribution in [-0.4, -0.2) is 19.1 Å². The van der Waals surface area contributed by atoms with Gasteiger partial charge in [0.1, 0.15) is 0 Å². The van der Waals surface area contributed by atoms with Crippen LogP contribution in [0.25, 0.3) is 0 Å². The highest BCUT2D eigenvalue weighted by atomic mass is 15.2. The van der Waals surface area contributed by atoms with Crippen molar-refractivity contribution in [3.05, 3.63) is 29.8 Å². The zero-order chi connectivity index (χ0) is 15.8. The summed E-state index contributed by atoms with van der Waals surface area (Å²) in [6, 6.07) is 10.2. The van der Waals surface area contributed by atoms with Crippen LogP contribution in [0.4, 0.5) is 5.69 Å². The fourth-order valence-electron chi connectivity index (χ4n) is 2.97. The van der Waals surface area contributed by atoms with Crippen molar-refractivity contribution in [1.82, 2.24) is 5.32 Å². The Morgan fingerprint density at radius 3 is 1.95 bits per heavy atom. The van der Waals surface area contributed by atoms with E-state index >= 15 is 0 Å². The summed E-state index contributed by atoms with van der Waals surface area (Å²) in [5, 5.41) is 3.47. The van der Waals surface area contributed by atoms with Crippen LogP contribution in [0.1, 0.15) is 66.0 Å². The van der Waals surface area contributed by atoms with Crippen molar-refractivity contribution < 1.29 is 0 Å². The summed E-state index contributed by atoms with van der Waals surface area (Å²) in [6.07, 6.45) is 2.41. The number of hydrogen-bond donors (Lipinski definition) is 1. The molecule has 0 spiro atoms. The maximum Gasteiger partial charge on any atom is 0.0368 e. The first-order chi connectivity index (χ1) is 10.0. The topological polar surface area (TPSA) is 15.3 Å². The molecule has 0 fully saturated rings. The zero-order valence-corrected chi connectivity index (χ0v) is 14.8. The van der Waals surface area contributed by atoms with Crippen LogP contribution in [0, 0.1) is 5.92 Å². The van der Waals surface area contributed by atoms with E-state index in [9.17, 15) is 0 Å². The van der Waals surface area contributed by atoms with Crippen molar-refractivity contribution in [3.63, 3.8) is 0 Å². The summed E-state index contributed by atoms with van der Waals surface area (Å²) >= 11 is 0. The first-order valence-electron chi connectivity index (χ1n) is 8.63. The lowest BCUT2D eigenvalue weighted by molar-refractivity contribution is 0.507. The van der Waals surface area contributed by atoms with Gasteiger partial charge in [-0.25, -0.2) is 0 Å². The largest absolute Gasteiger partial charge is 0.368 e. The quantitative estimate of drug-likeness (QED) is 0.688. The summed E-state index contributed by atoms with van der Waals surface area (Å²) in [6.45, 7) is 15.7. The highest BCUT2D eigenvalue weighted by molar-refractivity contribution is 5.49. The minimum Gasteiger partial charge on any atom is -0.368 e. The molecule has 0 radical (unpaired) electrons. The third kappa shape index (κ3) is 5.35. The van der Waals surface area contributed by atoms with Gasteiger partial charge in [0, 0.05) is 24.3 Å². The summed E-state index contributed by atoms with van der Waals surface area (Å²) < 4.78 is 0. The van der Waals surface area contributed by atoms with E-state index in [4.69, 9.17) is 0 Å². The fraction of sp³-hybridized carbons (Fsp3) is 0.684. The first-order valence-corrected chi connectivity index (χ1v) is 8.63. The van der Waals surface area contributed by atoms with Gasteiger partial charge in [-0.05, 0) is 49.9 Å². The predicted molar refractivity (Wildman–Crippen MR) is 95.1 cm³/mol. The molecule has 1 aromatic carbocycles. The van der Waals surface area contributed by atoms with Crippen molar-refractivity contribution in [3.8, 4) is 0 Å². The Balaban J connectivity index is 2.92. The van der Waals surface area contributed by atoms with Crippen molar-refractivity contribution in [2.45, 2.75) is 66.5 Å². The molecule has 1 unspecified atom stereocenters. The Morgan fingerprint density at radius 1 is 0.952 bits per heavy atom. The number of nitrogens with zero attached hydrogens (tertiary/aromatic N) is 1. The standard InChI is InChI=1S/C19H34N2/c1-7-18(8-2)21(14-15(4)5)19-12-10-17(11-13-19)16(6)20-9-3/h10-13,15-16,18,20H,7-9,14H2,1-6H3. The van der Waals surface area contributed by atoms with E-state index in [-0.39, 0.29) is 0 Å². The molecule has 2 heteroatoms. The predicted octanol–water partition coefficient (Wildman–Crippen LogP) is 5.01. The van der Waals surface area contributed by atoms with Crippen LogP contribution < -0.4 is 10.2 Å². The smallest absolute Gasteiger partial charge is 0.0368 e. The molecule has 0 aliphatic heterocycles. The second-order valence-corrected chi connectivity index (χ2v) is 6.39. The van der Waals surface area contributed by atoms with Crippen LogP contribution in [0.5, 0.6) is 0 Å². The lowest BCUT2D eigenvalue weighted by Gasteiger charge is -2.34. The molecule has 0 aliphatic rings. The van der Waals surface area contributed by atoms with Gasteiger partial charge >= 0.3 is 0 Å². The second kappa shape index (κ2) is 9.09. The van der Waals surface area contributed by atoms with E-state index in [1.54, 1.807) is 0 Å². The van der Waals surface area contributed by atoms with E-state index in [2.05, 4.69) is 76.0 Å². The molecule has 0 amide bonds. The van der Waals surface area contributed by atoms with Crippen molar-refractivity contribution >= 4 is 5.69 Å². The normalized spacial score (nSPS) is 13.0. The molecular weight excluding hydrogens is 256 g/mol. The van der Waals surface area contributed by atoms with Crippen LogP contribution >= 0.6 is 0 Å². The monoisotopic (exact) mass is 290 g/mol. The molecule has 120 valence electrons. The van der Waals surface area contributed by atoms with E-state index in [1.165, 1.54) is 24.1 Å². The molecular formula is C19H34N2. The average Bonchev–Trinajstić information content (AvgIpc) is 2.47. The fourth-order valence-corrected chi connectivity index (χ4v) is 2.97. The molecule has 1 aromatic rings. The lowest BCUT2D eigenvalue weighted by Crippen LogP contribution is -2.37. The molecule has 1 rings (SSSR count). The Labute approximate surface area is 131 Å². The highest BCUT2D eigenvalue weighted by Gasteiger charge is 2.17. The molecule has 0 bridgehead atoms. The van der Waals surface area contributed by atoms with Crippen molar-refractivity contribution in [2.24, 2.45) is 5.92 Å². The summed E-state index contributed by atoms with van der Waals surface area (Å²) in [7, 11) is 0.